The first-order valence-corrected chi connectivity index (χ1v) is 10.5. The van der Waals surface area contributed by atoms with Crippen LogP contribution in [0.4, 0.5) is 4.39 Å². The molecule has 4 aromatic rings. The molecule has 0 atom stereocenters. The molecule has 8 heteroatoms. The van der Waals surface area contributed by atoms with Gasteiger partial charge in [-0.1, -0.05) is 65.7 Å². The Balaban J connectivity index is 1.65. The summed E-state index contributed by atoms with van der Waals surface area (Å²) in [6.45, 7) is 0. The van der Waals surface area contributed by atoms with E-state index in [9.17, 15) is 14.0 Å². The molecular formula is C25H15Cl2FN2O3. The predicted octanol–water partition coefficient (Wildman–Crippen LogP) is 6.27. The van der Waals surface area contributed by atoms with E-state index in [-0.39, 0.29) is 21.9 Å². The van der Waals surface area contributed by atoms with Gasteiger partial charge in [-0.25, -0.2) is 14.6 Å². The fourth-order valence-electron chi connectivity index (χ4n) is 3.17. The fourth-order valence-corrected chi connectivity index (χ4v) is 3.65. The maximum Gasteiger partial charge on any atom is 0.345 e. The highest BCUT2D eigenvalue weighted by Gasteiger charge is 2.17. The number of benzene rings is 4. The summed E-state index contributed by atoms with van der Waals surface area (Å²) in [6, 6.07) is 20.8. The fraction of sp³-hybridized carbons (Fsp3) is 0. The molecule has 0 unspecified atom stereocenters. The van der Waals surface area contributed by atoms with Gasteiger partial charge in [0.2, 0.25) is 0 Å². The summed E-state index contributed by atoms with van der Waals surface area (Å²) >= 11 is 12.0. The SMILES string of the molecule is O=C(N/N=C\c1c(OC(=O)c2ccc(Cl)cc2Cl)ccc2ccccc12)c1ccccc1F. The molecule has 0 saturated heterocycles. The average Bonchev–Trinajstić information content (AvgIpc) is 2.80. The molecule has 0 fully saturated rings. The maximum absolute atomic E-state index is 13.8. The van der Waals surface area contributed by atoms with E-state index in [1.807, 2.05) is 24.3 Å². The molecule has 4 aromatic carbocycles. The van der Waals surface area contributed by atoms with Gasteiger partial charge in [0.1, 0.15) is 11.6 Å². The molecule has 0 saturated carbocycles. The summed E-state index contributed by atoms with van der Waals surface area (Å²) in [5, 5.41) is 6.09. The summed E-state index contributed by atoms with van der Waals surface area (Å²) in [4.78, 5) is 25.0. The Morgan fingerprint density at radius 2 is 1.67 bits per heavy atom. The highest BCUT2D eigenvalue weighted by atomic mass is 35.5. The van der Waals surface area contributed by atoms with Gasteiger partial charge in [0.15, 0.2) is 0 Å². The van der Waals surface area contributed by atoms with E-state index in [2.05, 4.69) is 10.5 Å². The lowest BCUT2D eigenvalue weighted by Gasteiger charge is -2.11. The van der Waals surface area contributed by atoms with Crippen LogP contribution in [0.3, 0.4) is 0 Å². The van der Waals surface area contributed by atoms with E-state index in [1.165, 1.54) is 42.6 Å². The first-order chi connectivity index (χ1) is 15.9. The van der Waals surface area contributed by atoms with Crippen LogP contribution in [0.5, 0.6) is 5.75 Å². The third kappa shape index (κ3) is 5.03. The summed E-state index contributed by atoms with van der Waals surface area (Å²) in [5.74, 6) is -1.86. The zero-order chi connectivity index (χ0) is 23.4. The van der Waals surface area contributed by atoms with Crippen molar-refractivity contribution in [2.24, 2.45) is 5.10 Å². The summed E-state index contributed by atoms with van der Waals surface area (Å²) in [7, 11) is 0. The molecule has 0 aliphatic rings. The summed E-state index contributed by atoms with van der Waals surface area (Å²) in [6.07, 6.45) is 1.34. The van der Waals surface area contributed by atoms with Crippen LogP contribution in [0, 0.1) is 5.82 Å². The zero-order valence-electron chi connectivity index (χ0n) is 16.9. The van der Waals surface area contributed by atoms with Gasteiger partial charge < -0.3 is 4.74 Å². The Kier molecular flexibility index (Phi) is 6.68. The lowest BCUT2D eigenvalue weighted by Crippen LogP contribution is -2.19. The molecule has 33 heavy (non-hydrogen) atoms. The quantitative estimate of drug-likeness (QED) is 0.158. The number of nitrogens with one attached hydrogen (secondary N) is 1. The number of hydrogen-bond acceptors (Lipinski definition) is 4. The number of fused-ring (bicyclic) bond motifs is 1. The van der Waals surface area contributed by atoms with Crippen LogP contribution in [-0.4, -0.2) is 18.1 Å². The highest BCUT2D eigenvalue weighted by Crippen LogP contribution is 2.29. The molecular weight excluding hydrogens is 466 g/mol. The van der Waals surface area contributed by atoms with Gasteiger partial charge in [0.05, 0.1) is 22.4 Å². The molecule has 4 rings (SSSR count). The molecule has 0 spiro atoms. The number of nitrogens with zero attached hydrogens (tertiary/aromatic N) is 1. The highest BCUT2D eigenvalue weighted by molar-refractivity contribution is 6.36. The van der Waals surface area contributed by atoms with E-state index in [1.54, 1.807) is 18.2 Å². The molecule has 0 aliphatic carbocycles. The van der Waals surface area contributed by atoms with Crippen LogP contribution in [-0.2, 0) is 0 Å². The first kappa shape index (κ1) is 22.5. The third-order valence-corrected chi connectivity index (χ3v) is 5.31. The van der Waals surface area contributed by atoms with Crippen LogP contribution in [0.25, 0.3) is 10.8 Å². The van der Waals surface area contributed by atoms with Crippen molar-refractivity contribution >= 4 is 52.1 Å². The van der Waals surface area contributed by atoms with Crippen LogP contribution in [0.2, 0.25) is 10.0 Å². The lowest BCUT2D eigenvalue weighted by atomic mass is 10.0. The lowest BCUT2D eigenvalue weighted by molar-refractivity contribution is 0.0734. The van der Waals surface area contributed by atoms with Crippen molar-refractivity contribution < 1.29 is 18.7 Å². The van der Waals surface area contributed by atoms with Gasteiger partial charge in [-0.15, -0.1) is 0 Å². The monoisotopic (exact) mass is 480 g/mol. The van der Waals surface area contributed by atoms with E-state index in [0.717, 1.165) is 10.8 Å². The Labute approximate surface area is 198 Å². The molecule has 0 heterocycles. The maximum atomic E-state index is 13.8. The zero-order valence-corrected chi connectivity index (χ0v) is 18.4. The molecule has 1 N–H and O–H groups in total. The van der Waals surface area contributed by atoms with Gasteiger partial charge >= 0.3 is 5.97 Å². The normalized spacial score (nSPS) is 11.0. The molecule has 0 radical (unpaired) electrons. The van der Waals surface area contributed by atoms with E-state index >= 15 is 0 Å². The number of ether oxygens (including phenoxy) is 1. The molecule has 5 nitrogen and oxygen atoms in total. The Hall–Kier alpha value is -3.74. The van der Waals surface area contributed by atoms with Gasteiger partial charge in [0.25, 0.3) is 5.91 Å². The van der Waals surface area contributed by atoms with Crippen LogP contribution < -0.4 is 10.2 Å². The predicted molar refractivity (Wildman–Crippen MR) is 127 cm³/mol. The molecule has 0 bridgehead atoms. The Bertz CT molecular complexity index is 1410. The largest absolute Gasteiger partial charge is 0.422 e. The molecule has 0 aliphatic heterocycles. The number of esters is 1. The summed E-state index contributed by atoms with van der Waals surface area (Å²) < 4.78 is 19.4. The number of rotatable bonds is 5. The van der Waals surface area contributed by atoms with Gasteiger partial charge in [-0.2, -0.15) is 5.10 Å². The standard InChI is InChI=1S/C25H15Cl2FN2O3/c26-16-10-11-18(21(27)13-16)25(32)33-23-12-9-15-5-1-2-6-17(15)20(23)14-29-30-24(31)19-7-3-4-8-22(19)28/h1-14H,(H,30,31)/b29-14-. The second-order valence-corrected chi connectivity index (χ2v) is 7.73. The van der Waals surface area contributed by atoms with Crippen LogP contribution >= 0.6 is 23.2 Å². The summed E-state index contributed by atoms with van der Waals surface area (Å²) in [5.41, 5.74) is 2.74. The second-order valence-electron chi connectivity index (χ2n) is 6.89. The molecule has 0 aromatic heterocycles. The van der Waals surface area contributed by atoms with Gasteiger partial charge in [0, 0.05) is 10.6 Å². The van der Waals surface area contributed by atoms with E-state index in [0.29, 0.717) is 10.6 Å². The van der Waals surface area contributed by atoms with Gasteiger partial charge in [-0.05, 0) is 47.2 Å². The smallest absolute Gasteiger partial charge is 0.345 e. The minimum absolute atomic E-state index is 0.142. The van der Waals surface area contributed by atoms with Crippen LogP contribution in [0.1, 0.15) is 26.3 Å². The average molecular weight is 481 g/mol. The van der Waals surface area contributed by atoms with Crippen molar-refractivity contribution in [2.45, 2.75) is 0 Å². The number of halogens is 3. The molecule has 1 amide bonds. The van der Waals surface area contributed by atoms with Crippen molar-refractivity contribution in [3.8, 4) is 5.75 Å². The first-order valence-electron chi connectivity index (χ1n) is 9.71. The Morgan fingerprint density at radius 3 is 2.45 bits per heavy atom. The van der Waals surface area contributed by atoms with Crippen molar-refractivity contribution in [2.75, 3.05) is 0 Å². The van der Waals surface area contributed by atoms with Crippen molar-refractivity contribution in [1.29, 1.82) is 0 Å². The number of carbonyl (C=O) groups excluding carboxylic acids is 2. The number of amides is 1. The number of hydrazone groups is 1. The second kappa shape index (κ2) is 9.81. The van der Waals surface area contributed by atoms with Gasteiger partial charge in [-0.3, -0.25) is 4.79 Å². The van der Waals surface area contributed by atoms with E-state index in [4.69, 9.17) is 27.9 Å². The number of carbonyl (C=O) groups is 2. The third-order valence-electron chi connectivity index (χ3n) is 4.76. The molecule has 164 valence electrons. The number of hydrogen-bond donors (Lipinski definition) is 1. The van der Waals surface area contributed by atoms with Crippen molar-refractivity contribution in [1.82, 2.24) is 5.43 Å². The minimum Gasteiger partial charge on any atom is -0.422 e. The van der Waals surface area contributed by atoms with Crippen molar-refractivity contribution in [3.05, 3.63) is 111 Å². The minimum atomic E-state index is -0.712. The van der Waals surface area contributed by atoms with Crippen LogP contribution in [0.15, 0.2) is 84.0 Å². The van der Waals surface area contributed by atoms with E-state index < -0.39 is 17.7 Å². The topological polar surface area (TPSA) is 67.8 Å². The Morgan fingerprint density at radius 1 is 0.909 bits per heavy atom. The van der Waals surface area contributed by atoms with Crippen molar-refractivity contribution in [3.63, 3.8) is 0 Å².